The topological polar surface area (TPSA) is 102 Å². The molecule has 142 valence electrons. The molecule has 1 heterocycles. The largest absolute Gasteiger partial charge is 0.452 e. The Hall–Kier alpha value is -2.74. The van der Waals surface area contributed by atoms with E-state index < -0.39 is 42.6 Å². The number of rotatable bonds is 4. The first-order chi connectivity index (χ1) is 13.0. The van der Waals surface area contributed by atoms with Crippen molar-refractivity contribution in [3.63, 3.8) is 0 Å². The third kappa shape index (κ3) is 4.33. The fourth-order valence-corrected chi connectivity index (χ4v) is 2.80. The molecule has 5 atom stereocenters. The number of benzene rings is 2. The summed E-state index contributed by atoms with van der Waals surface area (Å²) < 4.78 is 15.9. The van der Waals surface area contributed by atoms with Crippen LogP contribution in [0.5, 0.6) is 0 Å². The van der Waals surface area contributed by atoms with Gasteiger partial charge in [-0.2, -0.15) is 0 Å². The Morgan fingerprint density at radius 3 is 1.74 bits per heavy atom. The van der Waals surface area contributed by atoms with Gasteiger partial charge in [0.15, 0.2) is 18.5 Å². The van der Waals surface area contributed by atoms with E-state index in [4.69, 9.17) is 14.2 Å². The molecule has 0 aromatic heterocycles. The summed E-state index contributed by atoms with van der Waals surface area (Å²) in [6.07, 6.45) is -6.32. The Balaban J connectivity index is 1.80. The number of carbonyl (C=O) groups is 2. The Morgan fingerprint density at radius 1 is 0.815 bits per heavy atom. The molecule has 0 saturated carbocycles. The standard InChI is InChI=1S/C20H20O7/c1-12-15(21)16(26-18(22)13-8-4-2-5-9-13)17(20(24)25-12)27-19(23)14-10-6-3-7-11-14/h2-12,15-17,20-21,24H,1H3/t12-,15+,16+,17-,20+/m0/s1. The Labute approximate surface area is 156 Å². The summed E-state index contributed by atoms with van der Waals surface area (Å²) in [6.45, 7) is 1.52. The summed E-state index contributed by atoms with van der Waals surface area (Å²) in [4.78, 5) is 24.7. The van der Waals surface area contributed by atoms with E-state index in [2.05, 4.69) is 0 Å². The number of aliphatic hydroxyl groups is 2. The summed E-state index contributed by atoms with van der Waals surface area (Å²) in [5, 5.41) is 20.6. The lowest BCUT2D eigenvalue weighted by molar-refractivity contribution is -0.276. The first kappa shape index (κ1) is 19.0. The zero-order valence-corrected chi connectivity index (χ0v) is 14.6. The molecule has 2 aromatic rings. The minimum absolute atomic E-state index is 0.256. The van der Waals surface area contributed by atoms with Crippen LogP contribution in [-0.4, -0.2) is 52.9 Å². The third-order valence-corrected chi connectivity index (χ3v) is 4.28. The van der Waals surface area contributed by atoms with Gasteiger partial charge in [0.25, 0.3) is 0 Å². The summed E-state index contributed by atoms with van der Waals surface area (Å²) in [5.41, 5.74) is 0.525. The van der Waals surface area contributed by atoms with Crippen molar-refractivity contribution in [1.82, 2.24) is 0 Å². The molecule has 0 aliphatic carbocycles. The van der Waals surface area contributed by atoms with Crippen molar-refractivity contribution in [2.75, 3.05) is 0 Å². The first-order valence-corrected chi connectivity index (χ1v) is 8.51. The molecule has 1 aliphatic heterocycles. The predicted octanol–water partition coefficient (Wildman–Crippen LogP) is 1.54. The minimum Gasteiger partial charge on any atom is -0.452 e. The second-order valence-electron chi connectivity index (χ2n) is 6.19. The molecule has 0 bridgehead atoms. The van der Waals surface area contributed by atoms with Crippen molar-refractivity contribution in [3.8, 4) is 0 Å². The first-order valence-electron chi connectivity index (χ1n) is 8.51. The van der Waals surface area contributed by atoms with Gasteiger partial charge >= 0.3 is 11.9 Å². The molecule has 27 heavy (non-hydrogen) atoms. The summed E-state index contributed by atoms with van der Waals surface area (Å²) in [5.74, 6) is -1.44. The molecule has 1 saturated heterocycles. The average Bonchev–Trinajstić information content (AvgIpc) is 2.69. The summed E-state index contributed by atoms with van der Waals surface area (Å²) in [7, 11) is 0. The molecule has 0 unspecified atom stereocenters. The van der Waals surface area contributed by atoms with E-state index in [-0.39, 0.29) is 11.1 Å². The van der Waals surface area contributed by atoms with Crippen LogP contribution in [0.15, 0.2) is 60.7 Å². The lowest BCUT2D eigenvalue weighted by Crippen LogP contribution is -2.59. The lowest BCUT2D eigenvalue weighted by atomic mass is 9.99. The van der Waals surface area contributed by atoms with Gasteiger partial charge in [-0.3, -0.25) is 0 Å². The third-order valence-electron chi connectivity index (χ3n) is 4.28. The highest BCUT2D eigenvalue weighted by Crippen LogP contribution is 2.26. The summed E-state index contributed by atoms with van der Waals surface area (Å²) >= 11 is 0. The van der Waals surface area contributed by atoms with E-state index in [0.29, 0.717) is 0 Å². The molecule has 2 N–H and O–H groups in total. The number of hydrogen-bond acceptors (Lipinski definition) is 7. The number of aliphatic hydroxyl groups excluding tert-OH is 2. The van der Waals surface area contributed by atoms with Crippen LogP contribution in [0.3, 0.4) is 0 Å². The fraction of sp³-hybridized carbons (Fsp3) is 0.300. The highest BCUT2D eigenvalue weighted by Gasteiger charge is 2.48. The van der Waals surface area contributed by atoms with Crippen molar-refractivity contribution in [2.24, 2.45) is 0 Å². The molecule has 3 rings (SSSR count). The van der Waals surface area contributed by atoms with Gasteiger partial charge in [0.2, 0.25) is 0 Å². The van der Waals surface area contributed by atoms with Gasteiger partial charge in [0.1, 0.15) is 6.10 Å². The van der Waals surface area contributed by atoms with Crippen molar-refractivity contribution in [1.29, 1.82) is 0 Å². The van der Waals surface area contributed by atoms with Gasteiger partial charge in [-0.15, -0.1) is 0 Å². The zero-order chi connectivity index (χ0) is 19.4. The number of esters is 2. The van der Waals surface area contributed by atoms with E-state index in [1.54, 1.807) is 60.7 Å². The van der Waals surface area contributed by atoms with E-state index in [1.807, 2.05) is 0 Å². The van der Waals surface area contributed by atoms with Crippen LogP contribution in [0.25, 0.3) is 0 Å². The molecule has 1 fully saturated rings. The van der Waals surface area contributed by atoms with Crippen LogP contribution < -0.4 is 0 Å². The number of ether oxygens (including phenoxy) is 3. The van der Waals surface area contributed by atoms with Crippen LogP contribution in [0, 0.1) is 0 Å². The molecule has 0 amide bonds. The SMILES string of the molecule is C[C@@H]1O[C@@H](O)[C@@H](OC(=O)c2ccccc2)[C@H](OC(=O)c2ccccc2)[C@@H]1O. The maximum Gasteiger partial charge on any atom is 0.338 e. The maximum atomic E-state index is 12.4. The van der Waals surface area contributed by atoms with Crippen molar-refractivity contribution in [3.05, 3.63) is 71.8 Å². The van der Waals surface area contributed by atoms with E-state index >= 15 is 0 Å². The highest BCUT2D eigenvalue weighted by atomic mass is 16.7. The molecular formula is C20H20O7. The lowest BCUT2D eigenvalue weighted by Gasteiger charge is -2.40. The van der Waals surface area contributed by atoms with Crippen LogP contribution >= 0.6 is 0 Å². The molecule has 0 radical (unpaired) electrons. The quantitative estimate of drug-likeness (QED) is 0.785. The molecule has 7 nitrogen and oxygen atoms in total. The summed E-state index contributed by atoms with van der Waals surface area (Å²) in [6, 6.07) is 16.3. The van der Waals surface area contributed by atoms with Gasteiger partial charge in [-0.1, -0.05) is 36.4 Å². The number of carbonyl (C=O) groups excluding carboxylic acids is 2. The second kappa shape index (κ2) is 8.30. The van der Waals surface area contributed by atoms with Gasteiger partial charge in [-0.05, 0) is 31.2 Å². The van der Waals surface area contributed by atoms with Crippen LogP contribution in [-0.2, 0) is 14.2 Å². The van der Waals surface area contributed by atoms with Crippen molar-refractivity contribution >= 4 is 11.9 Å². The van der Waals surface area contributed by atoms with Crippen LogP contribution in [0.1, 0.15) is 27.6 Å². The van der Waals surface area contributed by atoms with Crippen LogP contribution in [0.2, 0.25) is 0 Å². The van der Waals surface area contributed by atoms with Crippen molar-refractivity contribution < 1.29 is 34.0 Å². The van der Waals surface area contributed by atoms with E-state index in [0.717, 1.165) is 0 Å². The normalized spacial score (nSPS) is 27.6. The molecule has 0 spiro atoms. The average molecular weight is 372 g/mol. The van der Waals surface area contributed by atoms with Gasteiger partial charge in [0.05, 0.1) is 17.2 Å². The van der Waals surface area contributed by atoms with Gasteiger partial charge < -0.3 is 24.4 Å². The fourth-order valence-electron chi connectivity index (χ4n) is 2.80. The highest BCUT2D eigenvalue weighted by molar-refractivity contribution is 5.90. The predicted molar refractivity (Wildman–Crippen MR) is 93.9 cm³/mol. The second-order valence-corrected chi connectivity index (χ2v) is 6.19. The van der Waals surface area contributed by atoms with Gasteiger partial charge in [-0.25, -0.2) is 9.59 Å². The monoisotopic (exact) mass is 372 g/mol. The molecular weight excluding hydrogens is 352 g/mol. The van der Waals surface area contributed by atoms with E-state index in [9.17, 15) is 19.8 Å². The maximum absolute atomic E-state index is 12.4. The Bertz CT molecular complexity index is 777. The minimum atomic E-state index is -1.55. The number of hydrogen-bond donors (Lipinski definition) is 2. The Kier molecular flexibility index (Phi) is 5.85. The molecule has 1 aliphatic rings. The molecule has 2 aromatic carbocycles. The van der Waals surface area contributed by atoms with Crippen molar-refractivity contribution in [2.45, 2.75) is 37.6 Å². The zero-order valence-electron chi connectivity index (χ0n) is 14.6. The molecule has 7 heteroatoms. The smallest absolute Gasteiger partial charge is 0.338 e. The van der Waals surface area contributed by atoms with E-state index in [1.165, 1.54) is 6.92 Å². The Morgan fingerprint density at radius 2 is 1.26 bits per heavy atom. The van der Waals surface area contributed by atoms with Gasteiger partial charge in [0, 0.05) is 0 Å². The van der Waals surface area contributed by atoms with Crippen LogP contribution in [0.4, 0.5) is 0 Å².